The predicted molar refractivity (Wildman–Crippen MR) is 59.9 cm³/mol. The van der Waals surface area contributed by atoms with Gasteiger partial charge in [0.1, 0.15) is 0 Å². The number of aliphatic hydroxyl groups excluding tert-OH is 1. The van der Waals surface area contributed by atoms with E-state index in [9.17, 15) is 5.11 Å². The fourth-order valence-electron chi connectivity index (χ4n) is 2.22. The standard InChI is InChI=1S/C13H15NO2/c14-7-10-1-3-11(4-2-10)13-5-6-16-9-12(13)8-15/h1-4,12-13,15H,5-6,8-9H2. The van der Waals surface area contributed by atoms with Gasteiger partial charge < -0.3 is 9.84 Å². The normalized spacial score (nSPS) is 25.0. The van der Waals surface area contributed by atoms with E-state index in [-0.39, 0.29) is 12.5 Å². The fourth-order valence-corrected chi connectivity index (χ4v) is 2.22. The van der Waals surface area contributed by atoms with Crippen LogP contribution in [0.2, 0.25) is 0 Å². The highest BCUT2D eigenvalue weighted by atomic mass is 16.5. The molecule has 1 heterocycles. The molecular weight excluding hydrogens is 202 g/mol. The lowest BCUT2D eigenvalue weighted by atomic mass is 9.83. The van der Waals surface area contributed by atoms with Crippen molar-refractivity contribution < 1.29 is 9.84 Å². The molecule has 0 aliphatic carbocycles. The second-order valence-corrected chi connectivity index (χ2v) is 4.15. The SMILES string of the molecule is N#Cc1ccc(C2CCOCC2CO)cc1. The molecule has 1 N–H and O–H groups in total. The number of nitriles is 1. The Balaban J connectivity index is 2.18. The van der Waals surface area contributed by atoms with Gasteiger partial charge in [-0.25, -0.2) is 0 Å². The molecule has 0 saturated carbocycles. The first kappa shape index (κ1) is 11.1. The largest absolute Gasteiger partial charge is 0.396 e. The molecule has 3 heteroatoms. The van der Waals surface area contributed by atoms with Crippen molar-refractivity contribution >= 4 is 0 Å². The Kier molecular flexibility index (Phi) is 3.55. The summed E-state index contributed by atoms with van der Waals surface area (Å²) in [5.41, 5.74) is 1.87. The number of aliphatic hydroxyl groups is 1. The summed E-state index contributed by atoms with van der Waals surface area (Å²) in [6.07, 6.45) is 0.942. The van der Waals surface area contributed by atoms with Gasteiger partial charge in [0.05, 0.1) is 18.2 Å². The molecule has 1 aliphatic heterocycles. The first-order valence-electron chi connectivity index (χ1n) is 5.54. The molecule has 2 atom stereocenters. The number of rotatable bonds is 2. The summed E-state index contributed by atoms with van der Waals surface area (Å²) < 4.78 is 5.36. The van der Waals surface area contributed by atoms with E-state index in [0.717, 1.165) is 13.0 Å². The van der Waals surface area contributed by atoms with Crippen LogP contribution in [-0.4, -0.2) is 24.9 Å². The van der Waals surface area contributed by atoms with Crippen LogP contribution in [0.3, 0.4) is 0 Å². The lowest BCUT2D eigenvalue weighted by Gasteiger charge is -2.30. The molecule has 2 rings (SSSR count). The minimum Gasteiger partial charge on any atom is -0.396 e. The van der Waals surface area contributed by atoms with E-state index in [1.165, 1.54) is 5.56 Å². The average molecular weight is 217 g/mol. The van der Waals surface area contributed by atoms with Crippen molar-refractivity contribution in [2.45, 2.75) is 12.3 Å². The molecule has 3 nitrogen and oxygen atoms in total. The Hall–Kier alpha value is -1.37. The zero-order chi connectivity index (χ0) is 11.4. The summed E-state index contributed by atoms with van der Waals surface area (Å²) in [4.78, 5) is 0. The maximum Gasteiger partial charge on any atom is 0.0991 e. The van der Waals surface area contributed by atoms with Gasteiger partial charge in [-0.3, -0.25) is 0 Å². The number of hydrogen-bond acceptors (Lipinski definition) is 3. The predicted octanol–water partition coefficient (Wildman–Crippen LogP) is 1.67. The van der Waals surface area contributed by atoms with Crippen LogP contribution < -0.4 is 0 Å². The minimum atomic E-state index is 0.157. The maximum absolute atomic E-state index is 9.29. The number of ether oxygens (including phenoxy) is 1. The number of nitrogens with zero attached hydrogens (tertiary/aromatic N) is 1. The molecule has 84 valence electrons. The van der Waals surface area contributed by atoms with E-state index in [4.69, 9.17) is 10.00 Å². The van der Waals surface area contributed by atoms with Gasteiger partial charge in [0, 0.05) is 19.1 Å². The summed E-state index contributed by atoms with van der Waals surface area (Å²) in [6.45, 7) is 1.53. The quantitative estimate of drug-likeness (QED) is 0.819. The van der Waals surface area contributed by atoms with Gasteiger partial charge in [-0.15, -0.1) is 0 Å². The van der Waals surface area contributed by atoms with Gasteiger partial charge in [0.15, 0.2) is 0 Å². The van der Waals surface area contributed by atoms with Crippen LogP contribution in [-0.2, 0) is 4.74 Å². The van der Waals surface area contributed by atoms with Gasteiger partial charge in [-0.2, -0.15) is 5.26 Å². The topological polar surface area (TPSA) is 53.2 Å². The molecule has 0 radical (unpaired) electrons. The summed E-state index contributed by atoms with van der Waals surface area (Å²) in [7, 11) is 0. The summed E-state index contributed by atoms with van der Waals surface area (Å²) in [5.74, 6) is 0.535. The van der Waals surface area contributed by atoms with E-state index < -0.39 is 0 Å². The lowest BCUT2D eigenvalue weighted by molar-refractivity contribution is 0.0159. The van der Waals surface area contributed by atoms with Gasteiger partial charge in [0.2, 0.25) is 0 Å². The smallest absolute Gasteiger partial charge is 0.0991 e. The number of benzene rings is 1. The first-order chi connectivity index (χ1) is 7.85. The van der Waals surface area contributed by atoms with Crippen molar-refractivity contribution in [2.75, 3.05) is 19.8 Å². The van der Waals surface area contributed by atoms with E-state index in [2.05, 4.69) is 6.07 Å². The molecule has 0 aromatic heterocycles. The summed E-state index contributed by atoms with van der Waals surface area (Å²) in [5, 5.41) is 18.0. The third-order valence-corrected chi connectivity index (χ3v) is 3.18. The third kappa shape index (κ3) is 2.24. The van der Waals surface area contributed by atoms with Crippen molar-refractivity contribution in [1.82, 2.24) is 0 Å². The molecular formula is C13H15NO2. The van der Waals surface area contributed by atoms with Crippen molar-refractivity contribution in [3.8, 4) is 6.07 Å². The van der Waals surface area contributed by atoms with Gasteiger partial charge >= 0.3 is 0 Å². The highest BCUT2D eigenvalue weighted by Crippen LogP contribution is 2.31. The van der Waals surface area contributed by atoms with Gasteiger partial charge in [0.25, 0.3) is 0 Å². The van der Waals surface area contributed by atoms with Crippen LogP contribution >= 0.6 is 0 Å². The monoisotopic (exact) mass is 217 g/mol. The van der Waals surface area contributed by atoms with E-state index in [0.29, 0.717) is 18.1 Å². The van der Waals surface area contributed by atoms with Crippen LogP contribution in [0.25, 0.3) is 0 Å². The molecule has 1 aliphatic rings. The van der Waals surface area contributed by atoms with Crippen LogP contribution in [0.4, 0.5) is 0 Å². The summed E-state index contributed by atoms with van der Waals surface area (Å²) in [6, 6.07) is 9.74. The second-order valence-electron chi connectivity index (χ2n) is 4.15. The van der Waals surface area contributed by atoms with Crippen molar-refractivity contribution in [3.05, 3.63) is 35.4 Å². The minimum absolute atomic E-state index is 0.157. The lowest BCUT2D eigenvalue weighted by Crippen LogP contribution is -2.28. The molecule has 0 spiro atoms. The average Bonchev–Trinajstić information content (AvgIpc) is 2.39. The Morgan fingerprint density at radius 1 is 1.38 bits per heavy atom. The van der Waals surface area contributed by atoms with Crippen molar-refractivity contribution in [3.63, 3.8) is 0 Å². The van der Waals surface area contributed by atoms with Gasteiger partial charge in [-0.1, -0.05) is 12.1 Å². The van der Waals surface area contributed by atoms with Gasteiger partial charge in [-0.05, 0) is 30.0 Å². The zero-order valence-corrected chi connectivity index (χ0v) is 9.10. The van der Waals surface area contributed by atoms with Crippen molar-refractivity contribution in [1.29, 1.82) is 5.26 Å². The molecule has 1 aromatic carbocycles. The highest BCUT2D eigenvalue weighted by Gasteiger charge is 2.26. The van der Waals surface area contributed by atoms with E-state index in [1.54, 1.807) is 0 Å². The molecule has 2 unspecified atom stereocenters. The number of hydrogen-bond donors (Lipinski definition) is 1. The van der Waals surface area contributed by atoms with E-state index in [1.807, 2.05) is 24.3 Å². The van der Waals surface area contributed by atoms with Crippen LogP contribution in [0.1, 0.15) is 23.5 Å². The molecule has 1 saturated heterocycles. The Morgan fingerprint density at radius 2 is 2.12 bits per heavy atom. The zero-order valence-electron chi connectivity index (χ0n) is 9.10. The highest BCUT2D eigenvalue weighted by molar-refractivity contribution is 5.33. The van der Waals surface area contributed by atoms with E-state index >= 15 is 0 Å². The fraction of sp³-hybridized carbons (Fsp3) is 0.462. The first-order valence-corrected chi connectivity index (χ1v) is 5.54. The summed E-state index contributed by atoms with van der Waals surface area (Å²) >= 11 is 0. The third-order valence-electron chi connectivity index (χ3n) is 3.18. The molecule has 0 bridgehead atoms. The van der Waals surface area contributed by atoms with Crippen LogP contribution in [0, 0.1) is 17.2 Å². The Labute approximate surface area is 95.3 Å². The maximum atomic E-state index is 9.29. The van der Waals surface area contributed by atoms with Crippen LogP contribution in [0.15, 0.2) is 24.3 Å². The van der Waals surface area contributed by atoms with Crippen LogP contribution in [0.5, 0.6) is 0 Å². The molecule has 1 aromatic rings. The Morgan fingerprint density at radius 3 is 2.75 bits per heavy atom. The second kappa shape index (κ2) is 5.11. The van der Waals surface area contributed by atoms with Crippen molar-refractivity contribution in [2.24, 2.45) is 5.92 Å². The Bertz CT molecular complexity index is 380. The molecule has 16 heavy (non-hydrogen) atoms. The molecule has 0 amide bonds. The molecule has 1 fully saturated rings.